The molecule has 30 heavy (non-hydrogen) atoms. The van der Waals surface area contributed by atoms with Gasteiger partial charge in [-0.15, -0.1) is 0 Å². The van der Waals surface area contributed by atoms with E-state index < -0.39 is 11.4 Å². The van der Waals surface area contributed by atoms with Crippen LogP contribution in [0.25, 0.3) is 0 Å². The minimum atomic E-state index is -1.29. The highest BCUT2D eigenvalue weighted by molar-refractivity contribution is 6.06. The first-order valence-corrected chi connectivity index (χ1v) is 10.2. The molecule has 1 heterocycles. The third kappa shape index (κ3) is 4.94. The monoisotopic (exact) mass is 408 g/mol. The van der Waals surface area contributed by atoms with Crippen molar-refractivity contribution >= 4 is 17.7 Å². The Balaban J connectivity index is 1.64. The molecule has 1 amide bonds. The van der Waals surface area contributed by atoms with E-state index in [1.165, 1.54) is 7.11 Å². The number of esters is 1. The Bertz CT molecular complexity index is 885. The van der Waals surface area contributed by atoms with E-state index in [0.717, 1.165) is 11.1 Å². The maximum Gasteiger partial charge on any atom is 0.320 e. The van der Waals surface area contributed by atoms with Gasteiger partial charge in [-0.1, -0.05) is 60.7 Å². The van der Waals surface area contributed by atoms with Crippen LogP contribution in [-0.4, -0.2) is 42.8 Å². The van der Waals surface area contributed by atoms with Crippen LogP contribution in [0.15, 0.2) is 60.7 Å². The van der Waals surface area contributed by atoms with Crippen molar-refractivity contribution in [1.82, 2.24) is 10.2 Å². The quantitative estimate of drug-likeness (QED) is 0.537. The van der Waals surface area contributed by atoms with Crippen molar-refractivity contribution in [3.05, 3.63) is 71.8 Å². The Morgan fingerprint density at radius 3 is 2.37 bits per heavy atom. The molecule has 1 aliphatic rings. The van der Waals surface area contributed by atoms with Gasteiger partial charge in [0.05, 0.1) is 19.7 Å². The molecular weight excluding hydrogens is 380 g/mol. The molecule has 0 aromatic heterocycles. The second-order valence-electron chi connectivity index (χ2n) is 7.83. The molecule has 1 saturated heterocycles. The average molecular weight is 408 g/mol. The maximum atomic E-state index is 12.9. The van der Waals surface area contributed by atoms with Gasteiger partial charge in [-0.05, 0) is 24.5 Å². The molecule has 0 aliphatic carbocycles. The number of hydrogen-bond donors (Lipinski definition) is 1. The van der Waals surface area contributed by atoms with Crippen molar-refractivity contribution in [2.75, 3.05) is 20.2 Å². The molecule has 3 rings (SSSR count). The maximum absolute atomic E-state index is 12.9. The zero-order valence-electron chi connectivity index (χ0n) is 17.5. The number of carbonyl (C=O) groups is 3. The Labute approximate surface area is 177 Å². The topological polar surface area (TPSA) is 75.7 Å². The number of nitrogens with zero attached hydrogens (tertiary/aromatic N) is 1. The first kappa shape index (κ1) is 21.7. The summed E-state index contributed by atoms with van der Waals surface area (Å²) in [6, 6.07) is 19.3. The van der Waals surface area contributed by atoms with E-state index in [1.54, 1.807) is 0 Å². The molecule has 1 aliphatic heterocycles. The van der Waals surface area contributed by atoms with Crippen molar-refractivity contribution in [3.8, 4) is 0 Å². The van der Waals surface area contributed by atoms with Crippen molar-refractivity contribution in [2.45, 2.75) is 32.4 Å². The number of rotatable bonds is 8. The van der Waals surface area contributed by atoms with Crippen LogP contribution in [0.4, 0.5) is 0 Å². The third-order valence-corrected chi connectivity index (χ3v) is 5.68. The van der Waals surface area contributed by atoms with Crippen LogP contribution >= 0.6 is 0 Å². The standard InChI is InChI=1S/C24H28N2O4/c1-18(20-11-7-4-8-12-20)25-22(28)13-14-24(23(29)30-2)17-26(16-21(24)27)15-19-9-5-3-6-10-19/h3-12,18H,13-17H2,1-2H3,(H,25,28)/t18-,24?/m1/s1. The van der Waals surface area contributed by atoms with Crippen LogP contribution < -0.4 is 5.32 Å². The third-order valence-electron chi connectivity index (χ3n) is 5.68. The van der Waals surface area contributed by atoms with Crippen LogP contribution in [0, 0.1) is 5.41 Å². The Morgan fingerprint density at radius 2 is 1.73 bits per heavy atom. The number of hydrogen-bond acceptors (Lipinski definition) is 5. The largest absolute Gasteiger partial charge is 0.468 e. The Kier molecular flexibility index (Phi) is 7.00. The fourth-order valence-electron chi connectivity index (χ4n) is 3.99. The number of Topliss-reactive ketones (excluding diaryl/α,β-unsaturated/α-hetero) is 1. The second kappa shape index (κ2) is 9.67. The number of carbonyl (C=O) groups excluding carboxylic acids is 3. The van der Waals surface area contributed by atoms with E-state index >= 15 is 0 Å². The van der Waals surface area contributed by atoms with E-state index in [1.807, 2.05) is 72.5 Å². The van der Waals surface area contributed by atoms with Gasteiger partial charge in [0.25, 0.3) is 0 Å². The average Bonchev–Trinajstić information content (AvgIpc) is 3.08. The van der Waals surface area contributed by atoms with E-state index in [-0.39, 0.29) is 43.7 Å². The van der Waals surface area contributed by atoms with Gasteiger partial charge < -0.3 is 10.1 Å². The van der Waals surface area contributed by atoms with E-state index in [9.17, 15) is 14.4 Å². The lowest BCUT2D eigenvalue weighted by Gasteiger charge is -2.25. The minimum absolute atomic E-state index is 0.0805. The number of likely N-dealkylation sites (tertiary alicyclic amines) is 1. The summed E-state index contributed by atoms with van der Waals surface area (Å²) in [5.74, 6) is -0.940. The number of amides is 1. The highest BCUT2D eigenvalue weighted by Crippen LogP contribution is 2.34. The molecule has 0 bridgehead atoms. The highest BCUT2D eigenvalue weighted by Gasteiger charge is 2.52. The van der Waals surface area contributed by atoms with Crippen molar-refractivity contribution < 1.29 is 19.1 Å². The summed E-state index contributed by atoms with van der Waals surface area (Å²) in [7, 11) is 1.29. The van der Waals surface area contributed by atoms with E-state index in [2.05, 4.69) is 5.32 Å². The summed E-state index contributed by atoms with van der Waals surface area (Å²) in [6.45, 7) is 2.91. The predicted octanol–water partition coefficient (Wildman–Crippen LogP) is 2.89. The van der Waals surface area contributed by atoms with Gasteiger partial charge in [0.2, 0.25) is 5.91 Å². The van der Waals surface area contributed by atoms with Gasteiger partial charge in [0.1, 0.15) is 5.41 Å². The summed E-state index contributed by atoms with van der Waals surface area (Å²) < 4.78 is 4.97. The number of methoxy groups -OCH3 is 1. The summed E-state index contributed by atoms with van der Waals surface area (Å²) in [6.07, 6.45) is 0.217. The number of ketones is 1. The smallest absolute Gasteiger partial charge is 0.320 e. The molecule has 0 radical (unpaired) electrons. The molecule has 158 valence electrons. The molecule has 1 N–H and O–H groups in total. The lowest BCUT2D eigenvalue weighted by molar-refractivity contribution is -0.156. The lowest BCUT2D eigenvalue weighted by atomic mass is 9.81. The van der Waals surface area contributed by atoms with Crippen molar-refractivity contribution in [2.24, 2.45) is 5.41 Å². The number of nitrogens with one attached hydrogen (secondary N) is 1. The predicted molar refractivity (Wildman–Crippen MR) is 113 cm³/mol. The SMILES string of the molecule is COC(=O)C1(CCC(=O)N[C@H](C)c2ccccc2)CN(Cc2ccccc2)CC1=O. The zero-order chi connectivity index (χ0) is 21.6. The molecule has 6 nitrogen and oxygen atoms in total. The molecule has 2 aromatic rings. The molecule has 2 atom stereocenters. The first-order valence-electron chi connectivity index (χ1n) is 10.2. The molecule has 0 saturated carbocycles. The van der Waals surface area contributed by atoms with Crippen LogP contribution in [0.2, 0.25) is 0 Å². The van der Waals surface area contributed by atoms with Crippen LogP contribution in [0.5, 0.6) is 0 Å². The summed E-state index contributed by atoms with van der Waals surface area (Å²) >= 11 is 0. The molecule has 1 unspecified atom stereocenters. The van der Waals surface area contributed by atoms with Gasteiger partial charge in [-0.2, -0.15) is 0 Å². The Morgan fingerprint density at radius 1 is 1.10 bits per heavy atom. The first-order chi connectivity index (χ1) is 14.4. The number of benzene rings is 2. The van der Waals surface area contributed by atoms with Crippen LogP contribution in [-0.2, 0) is 25.7 Å². The normalized spacial score (nSPS) is 20.0. The van der Waals surface area contributed by atoms with E-state index in [4.69, 9.17) is 4.74 Å². The molecule has 0 spiro atoms. The van der Waals surface area contributed by atoms with E-state index in [0.29, 0.717) is 6.54 Å². The summed E-state index contributed by atoms with van der Waals surface area (Å²) in [5, 5.41) is 2.94. The van der Waals surface area contributed by atoms with Gasteiger partial charge in [-0.25, -0.2) is 0 Å². The van der Waals surface area contributed by atoms with Crippen LogP contribution in [0.3, 0.4) is 0 Å². The lowest BCUT2D eigenvalue weighted by Crippen LogP contribution is -2.41. The second-order valence-corrected chi connectivity index (χ2v) is 7.83. The molecular formula is C24H28N2O4. The molecule has 2 aromatic carbocycles. The fraction of sp³-hybridized carbons (Fsp3) is 0.375. The van der Waals surface area contributed by atoms with Gasteiger partial charge in [0.15, 0.2) is 5.78 Å². The fourth-order valence-corrected chi connectivity index (χ4v) is 3.99. The molecule has 6 heteroatoms. The number of ether oxygens (including phenoxy) is 1. The van der Waals surface area contributed by atoms with Gasteiger partial charge in [-0.3, -0.25) is 19.3 Å². The Hall–Kier alpha value is -2.99. The summed E-state index contributed by atoms with van der Waals surface area (Å²) in [4.78, 5) is 39.9. The zero-order valence-corrected chi connectivity index (χ0v) is 17.5. The van der Waals surface area contributed by atoms with Gasteiger partial charge in [0, 0.05) is 19.5 Å². The van der Waals surface area contributed by atoms with Crippen molar-refractivity contribution in [1.29, 1.82) is 0 Å². The minimum Gasteiger partial charge on any atom is -0.468 e. The summed E-state index contributed by atoms with van der Waals surface area (Å²) in [5.41, 5.74) is 0.775. The highest BCUT2D eigenvalue weighted by atomic mass is 16.5. The van der Waals surface area contributed by atoms with Crippen molar-refractivity contribution in [3.63, 3.8) is 0 Å². The molecule has 1 fully saturated rings. The van der Waals surface area contributed by atoms with Crippen LogP contribution in [0.1, 0.15) is 36.9 Å². The van der Waals surface area contributed by atoms with Gasteiger partial charge >= 0.3 is 5.97 Å².